The number of rotatable bonds is 8. The topological polar surface area (TPSA) is 96.8 Å². The van der Waals surface area contributed by atoms with Gasteiger partial charge in [-0.1, -0.05) is 13.8 Å². The number of aliphatic imine (C=N–C) groups is 1. The molecule has 0 amide bonds. The highest BCUT2D eigenvalue weighted by molar-refractivity contribution is 7.88. The highest BCUT2D eigenvalue weighted by Gasteiger charge is 2.36. The van der Waals surface area contributed by atoms with Crippen LogP contribution >= 0.6 is 0 Å². The Hall–Kier alpha value is -2.21. The molecule has 1 saturated heterocycles. The molecule has 0 aromatic carbocycles. The molecule has 2 heterocycles. The number of ether oxygens (including phenoxy) is 1. The van der Waals surface area contributed by atoms with Crippen LogP contribution in [-0.2, 0) is 20.9 Å². The van der Waals surface area contributed by atoms with Crippen LogP contribution in [0.25, 0.3) is 5.57 Å². The summed E-state index contributed by atoms with van der Waals surface area (Å²) >= 11 is 0. The van der Waals surface area contributed by atoms with Gasteiger partial charge >= 0.3 is 6.18 Å². The van der Waals surface area contributed by atoms with Crippen molar-refractivity contribution in [3.05, 3.63) is 23.7 Å². The second-order valence-corrected chi connectivity index (χ2v) is 11.6. The van der Waals surface area contributed by atoms with Crippen LogP contribution < -0.4 is 5.32 Å². The molecule has 0 radical (unpaired) electrons. The minimum absolute atomic E-state index is 0.0390. The third-order valence-corrected chi connectivity index (χ3v) is 8.04. The summed E-state index contributed by atoms with van der Waals surface area (Å²) in [6.45, 7) is 6.20. The highest BCUT2D eigenvalue weighted by atomic mass is 32.2. The van der Waals surface area contributed by atoms with Crippen molar-refractivity contribution in [1.29, 1.82) is 0 Å². The zero-order chi connectivity index (χ0) is 26.5. The summed E-state index contributed by atoms with van der Waals surface area (Å²) in [6, 6.07) is -0.147. The molecule has 0 spiro atoms. The maximum absolute atomic E-state index is 13.8. The monoisotopic (exact) mass is 531 g/mol. The van der Waals surface area contributed by atoms with Crippen molar-refractivity contribution in [1.82, 2.24) is 14.3 Å². The predicted molar refractivity (Wildman–Crippen MR) is 134 cm³/mol. The van der Waals surface area contributed by atoms with E-state index in [2.05, 4.69) is 20.3 Å². The standard InChI is InChI=1S/C24H36F3N5O3S/c1-5-16(2)22(35-19-8-6-7-9-19)28-14-17(3)21-20(24(25,26)27)15-29-23(31-21)30-18-10-12-32(13-11-18)36(4,33)34/h14-16,18-19H,5-13H2,1-4H3,(H,29,30,31)/b17-14+,28-22?. The second-order valence-electron chi connectivity index (χ2n) is 9.65. The summed E-state index contributed by atoms with van der Waals surface area (Å²) in [5.74, 6) is 0.636. The summed E-state index contributed by atoms with van der Waals surface area (Å²) in [6.07, 6.45) is 4.73. The maximum Gasteiger partial charge on any atom is 0.419 e. The Balaban J connectivity index is 1.83. The van der Waals surface area contributed by atoms with E-state index >= 15 is 0 Å². The van der Waals surface area contributed by atoms with Gasteiger partial charge in [0, 0.05) is 37.4 Å². The Morgan fingerprint density at radius 1 is 1.28 bits per heavy atom. The molecule has 1 atom stereocenters. The first-order chi connectivity index (χ1) is 16.9. The van der Waals surface area contributed by atoms with Crippen molar-refractivity contribution in [2.75, 3.05) is 24.7 Å². The van der Waals surface area contributed by atoms with Crippen molar-refractivity contribution < 1.29 is 26.3 Å². The van der Waals surface area contributed by atoms with Gasteiger partial charge in [-0.05, 0) is 57.4 Å². The van der Waals surface area contributed by atoms with Crippen molar-refractivity contribution in [3.8, 4) is 0 Å². The largest absolute Gasteiger partial charge is 0.477 e. The molecule has 1 N–H and O–H groups in total. The van der Waals surface area contributed by atoms with Crippen LogP contribution in [0.15, 0.2) is 17.4 Å². The van der Waals surface area contributed by atoms with E-state index in [4.69, 9.17) is 4.74 Å². The first kappa shape index (κ1) is 28.4. The molecular weight excluding hydrogens is 495 g/mol. The second kappa shape index (κ2) is 11.9. The number of nitrogens with one attached hydrogen (secondary N) is 1. The third-order valence-electron chi connectivity index (χ3n) is 6.73. The molecule has 1 saturated carbocycles. The molecule has 8 nitrogen and oxygen atoms in total. The zero-order valence-electron chi connectivity index (χ0n) is 21.3. The van der Waals surface area contributed by atoms with Crippen molar-refractivity contribution >= 4 is 27.4 Å². The van der Waals surface area contributed by atoms with Gasteiger partial charge in [0.2, 0.25) is 16.0 Å². The molecule has 202 valence electrons. The van der Waals surface area contributed by atoms with Gasteiger partial charge in [-0.25, -0.2) is 27.7 Å². The number of piperidine rings is 1. The minimum atomic E-state index is -4.63. The Kier molecular flexibility index (Phi) is 9.37. The van der Waals surface area contributed by atoms with Crippen LogP contribution in [-0.4, -0.2) is 60.1 Å². The van der Waals surface area contributed by atoms with Crippen molar-refractivity contribution in [3.63, 3.8) is 0 Å². The molecular formula is C24H36F3N5O3S. The number of hydrogen-bond acceptors (Lipinski definition) is 7. The Bertz CT molecular complexity index is 1060. The van der Waals surface area contributed by atoms with Gasteiger partial charge < -0.3 is 10.1 Å². The van der Waals surface area contributed by atoms with E-state index in [1.165, 1.54) is 10.5 Å². The number of alkyl halides is 3. The fraction of sp³-hybridized carbons (Fsp3) is 0.708. The molecule has 0 bridgehead atoms. The van der Waals surface area contributed by atoms with Crippen LogP contribution in [0.1, 0.15) is 77.0 Å². The van der Waals surface area contributed by atoms with Crippen molar-refractivity contribution in [2.45, 2.75) is 84.0 Å². The number of sulfonamides is 1. The quantitative estimate of drug-likeness (QED) is 0.371. The number of anilines is 1. The molecule has 1 aliphatic heterocycles. The number of aromatic nitrogens is 2. The lowest BCUT2D eigenvalue weighted by Gasteiger charge is -2.30. The summed E-state index contributed by atoms with van der Waals surface area (Å²) < 4.78 is 72.2. The smallest absolute Gasteiger partial charge is 0.419 e. The van der Waals surface area contributed by atoms with Gasteiger partial charge in [0.05, 0.1) is 17.5 Å². The molecule has 36 heavy (non-hydrogen) atoms. The van der Waals surface area contributed by atoms with Crippen LogP contribution in [0.3, 0.4) is 0 Å². The average molecular weight is 532 g/mol. The number of allylic oxidation sites excluding steroid dienone is 1. The van der Waals surface area contributed by atoms with E-state index in [1.807, 2.05) is 13.8 Å². The van der Waals surface area contributed by atoms with E-state index in [0.717, 1.165) is 44.6 Å². The summed E-state index contributed by atoms with van der Waals surface area (Å²) in [7, 11) is -3.27. The van der Waals surface area contributed by atoms with E-state index in [-0.39, 0.29) is 35.3 Å². The van der Waals surface area contributed by atoms with Crippen LogP contribution in [0.4, 0.5) is 19.1 Å². The van der Waals surface area contributed by atoms with E-state index in [1.54, 1.807) is 6.92 Å². The molecule has 1 aromatic heterocycles. The number of halogens is 3. The molecule has 12 heteroatoms. The van der Waals surface area contributed by atoms with Gasteiger partial charge in [-0.3, -0.25) is 0 Å². The molecule has 1 aliphatic carbocycles. The van der Waals surface area contributed by atoms with Gasteiger partial charge in [0.15, 0.2) is 5.90 Å². The first-order valence-electron chi connectivity index (χ1n) is 12.5. The fourth-order valence-electron chi connectivity index (χ4n) is 4.32. The van der Waals surface area contributed by atoms with E-state index < -0.39 is 21.8 Å². The highest BCUT2D eigenvalue weighted by Crippen LogP contribution is 2.34. The molecule has 1 unspecified atom stereocenters. The van der Waals surface area contributed by atoms with Gasteiger partial charge in [-0.2, -0.15) is 13.2 Å². The van der Waals surface area contributed by atoms with Crippen LogP contribution in [0.2, 0.25) is 0 Å². The normalized spacial score (nSPS) is 20.5. The summed E-state index contributed by atoms with van der Waals surface area (Å²) in [4.78, 5) is 12.5. The first-order valence-corrected chi connectivity index (χ1v) is 14.3. The molecule has 1 aromatic rings. The predicted octanol–water partition coefficient (Wildman–Crippen LogP) is 5.10. The Labute approximate surface area is 211 Å². The minimum Gasteiger partial charge on any atom is -0.477 e. The van der Waals surface area contributed by atoms with Crippen LogP contribution in [0.5, 0.6) is 0 Å². The summed E-state index contributed by atoms with van der Waals surface area (Å²) in [5, 5.41) is 3.07. The molecule has 3 rings (SSSR count). The zero-order valence-corrected chi connectivity index (χ0v) is 22.1. The Morgan fingerprint density at radius 2 is 1.92 bits per heavy atom. The fourth-order valence-corrected chi connectivity index (χ4v) is 5.19. The van der Waals surface area contributed by atoms with E-state index in [9.17, 15) is 21.6 Å². The lowest BCUT2D eigenvalue weighted by atomic mass is 10.1. The number of nitrogens with zero attached hydrogens (tertiary/aromatic N) is 4. The summed E-state index contributed by atoms with van der Waals surface area (Å²) in [5.41, 5.74) is -0.942. The van der Waals surface area contributed by atoms with Crippen molar-refractivity contribution in [2.24, 2.45) is 10.9 Å². The SMILES string of the molecule is CCC(C)C(=N/C=C(\C)c1nc(NC2CCN(S(C)(=O)=O)CC2)ncc1C(F)(F)F)OC1CCCC1. The van der Waals surface area contributed by atoms with Gasteiger partial charge in [0.1, 0.15) is 6.10 Å². The average Bonchev–Trinajstić information content (AvgIpc) is 3.33. The third kappa shape index (κ3) is 7.64. The lowest BCUT2D eigenvalue weighted by Crippen LogP contribution is -2.42. The Morgan fingerprint density at radius 3 is 2.47 bits per heavy atom. The number of hydrogen-bond donors (Lipinski definition) is 1. The van der Waals surface area contributed by atoms with Gasteiger partial charge in [-0.15, -0.1) is 0 Å². The van der Waals surface area contributed by atoms with Gasteiger partial charge in [0.25, 0.3) is 0 Å². The molecule has 2 aliphatic rings. The van der Waals surface area contributed by atoms with E-state index in [0.29, 0.717) is 31.8 Å². The maximum atomic E-state index is 13.8. The molecule has 2 fully saturated rings. The van der Waals surface area contributed by atoms with Crippen LogP contribution in [0, 0.1) is 5.92 Å². The lowest BCUT2D eigenvalue weighted by molar-refractivity contribution is -0.138.